The molecule has 1 N–H and O–H groups in total. The normalized spacial score (nSPS) is 10.6. The second-order valence-corrected chi connectivity index (χ2v) is 7.03. The molecule has 29 heavy (non-hydrogen) atoms. The largest absolute Gasteiger partial charge is 0.493 e. The van der Waals surface area contributed by atoms with Gasteiger partial charge in [-0.05, 0) is 18.2 Å². The molecule has 0 saturated heterocycles. The van der Waals surface area contributed by atoms with Crippen LogP contribution in [0, 0.1) is 0 Å². The average Bonchev–Trinajstić information content (AvgIpc) is 2.72. The summed E-state index contributed by atoms with van der Waals surface area (Å²) >= 11 is 3.35. The van der Waals surface area contributed by atoms with Crippen molar-refractivity contribution in [3.63, 3.8) is 0 Å². The molecule has 1 amide bonds. The van der Waals surface area contributed by atoms with E-state index in [1.54, 1.807) is 24.3 Å². The summed E-state index contributed by atoms with van der Waals surface area (Å²) in [6, 6.07) is 8.59. The Morgan fingerprint density at radius 3 is 2.41 bits per heavy atom. The number of halogens is 1. The van der Waals surface area contributed by atoms with E-state index in [0.717, 1.165) is 4.47 Å². The highest BCUT2D eigenvalue weighted by Gasteiger charge is 2.15. The van der Waals surface area contributed by atoms with Crippen molar-refractivity contribution in [2.75, 3.05) is 26.6 Å². The number of nitrogens with zero attached hydrogens (tertiary/aromatic N) is 2. The summed E-state index contributed by atoms with van der Waals surface area (Å²) in [5.41, 5.74) is 0.908. The maximum atomic E-state index is 12.6. The summed E-state index contributed by atoms with van der Waals surface area (Å²) in [4.78, 5) is 29.3. The number of hydrogen-bond acceptors (Lipinski definition) is 6. The zero-order chi connectivity index (χ0) is 21.0. The molecule has 0 unspecified atom stereocenters. The molecule has 0 radical (unpaired) electrons. The second kappa shape index (κ2) is 8.95. The van der Waals surface area contributed by atoms with Gasteiger partial charge in [0.2, 0.25) is 11.7 Å². The van der Waals surface area contributed by atoms with Crippen LogP contribution in [-0.4, -0.2) is 36.8 Å². The van der Waals surface area contributed by atoms with Crippen LogP contribution in [0.5, 0.6) is 17.2 Å². The van der Waals surface area contributed by atoms with Gasteiger partial charge in [-0.3, -0.25) is 14.2 Å². The third kappa shape index (κ3) is 4.51. The third-order valence-corrected chi connectivity index (χ3v) is 4.81. The van der Waals surface area contributed by atoms with E-state index in [4.69, 9.17) is 14.2 Å². The molecule has 9 heteroatoms. The maximum absolute atomic E-state index is 12.6. The average molecular weight is 462 g/mol. The highest BCUT2D eigenvalue weighted by atomic mass is 79.9. The third-order valence-electron chi connectivity index (χ3n) is 4.31. The van der Waals surface area contributed by atoms with E-state index >= 15 is 0 Å². The summed E-state index contributed by atoms with van der Waals surface area (Å²) in [5.74, 6) is 1.04. The van der Waals surface area contributed by atoms with E-state index < -0.39 is 0 Å². The van der Waals surface area contributed by atoms with Gasteiger partial charge in [0.15, 0.2) is 11.5 Å². The molecule has 1 heterocycles. The van der Waals surface area contributed by atoms with Gasteiger partial charge in [0, 0.05) is 35.3 Å². The Balaban J connectivity index is 1.74. The number of nitrogens with one attached hydrogen (secondary N) is 1. The first-order valence-electron chi connectivity index (χ1n) is 8.71. The van der Waals surface area contributed by atoms with Gasteiger partial charge in [0.05, 0.1) is 38.6 Å². The number of anilines is 1. The molecule has 152 valence electrons. The minimum Gasteiger partial charge on any atom is -0.493 e. The maximum Gasteiger partial charge on any atom is 0.261 e. The molecule has 3 aromatic rings. The molecule has 3 rings (SSSR count). The van der Waals surface area contributed by atoms with Crippen LogP contribution >= 0.6 is 15.9 Å². The summed E-state index contributed by atoms with van der Waals surface area (Å²) in [6.07, 6.45) is 1.54. The van der Waals surface area contributed by atoms with E-state index in [9.17, 15) is 9.59 Å². The molecule has 0 saturated carbocycles. The lowest BCUT2D eigenvalue weighted by Crippen LogP contribution is -2.23. The summed E-state index contributed by atoms with van der Waals surface area (Å²) < 4.78 is 18.0. The molecule has 1 aromatic heterocycles. The standard InChI is InChI=1S/C20H20BrN3O5/c1-27-16-9-13(10-17(28-2)19(16)29-3)23-18(25)6-7-24-11-22-15-5-4-12(21)8-14(15)20(24)26/h4-5,8-11H,6-7H2,1-3H3,(H,23,25). The summed E-state index contributed by atoms with van der Waals surface area (Å²) in [7, 11) is 4.51. The van der Waals surface area contributed by atoms with Crippen LogP contribution in [0.4, 0.5) is 5.69 Å². The number of carbonyl (C=O) groups excluding carboxylic acids is 1. The molecule has 0 fully saturated rings. The second-order valence-electron chi connectivity index (χ2n) is 6.12. The van der Waals surface area contributed by atoms with Gasteiger partial charge in [-0.25, -0.2) is 4.98 Å². The first-order valence-corrected chi connectivity index (χ1v) is 9.50. The lowest BCUT2D eigenvalue weighted by atomic mass is 10.2. The van der Waals surface area contributed by atoms with Crippen LogP contribution in [-0.2, 0) is 11.3 Å². The van der Waals surface area contributed by atoms with Crippen molar-refractivity contribution < 1.29 is 19.0 Å². The van der Waals surface area contributed by atoms with Gasteiger partial charge < -0.3 is 19.5 Å². The van der Waals surface area contributed by atoms with Gasteiger partial charge in [0.1, 0.15) is 0 Å². The van der Waals surface area contributed by atoms with Crippen molar-refractivity contribution in [3.05, 3.63) is 51.5 Å². The lowest BCUT2D eigenvalue weighted by molar-refractivity contribution is -0.116. The molecule has 0 aliphatic carbocycles. The monoisotopic (exact) mass is 461 g/mol. The number of rotatable bonds is 7. The van der Waals surface area contributed by atoms with Crippen LogP contribution in [0.25, 0.3) is 10.9 Å². The Kier molecular flexibility index (Phi) is 6.38. The topological polar surface area (TPSA) is 91.7 Å². The molecule has 0 spiro atoms. The lowest BCUT2D eigenvalue weighted by Gasteiger charge is -2.14. The minimum absolute atomic E-state index is 0.0950. The number of hydrogen-bond donors (Lipinski definition) is 1. The van der Waals surface area contributed by atoms with Gasteiger partial charge >= 0.3 is 0 Å². The van der Waals surface area contributed by atoms with Crippen molar-refractivity contribution in [1.29, 1.82) is 0 Å². The molecule has 8 nitrogen and oxygen atoms in total. The van der Waals surface area contributed by atoms with E-state index in [2.05, 4.69) is 26.2 Å². The Morgan fingerprint density at radius 1 is 1.10 bits per heavy atom. The first kappa shape index (κ1) is 20.7. The van der Waals surface area contributed by atoms with Crippen molar-refractivity contribution in [3.8, 4) is 17.2 Å². The molecule has 0 aliphatic heterocycles. The Hall–Kier alpha value is -3.07. The predicted octanol–water partition coefficient (Wildman–Crippen LogP) is 3.21. The number of aromatic nitrogens is 2. The fraction of sp³-hybridized carbons (Fsp3) is 0.250. The summed E-state index contributed by atoms with van der Waals surface area (Å²) in [6.45, 7) is 0.199. The SMILES string of the molecule is COc1cc(NC(=O)CCn2cnc3ccc(Br)cc3c2=O)cc(OC)c1OC. The zero-order valence-electron chi connectivity index (χ0n) is 16.2. The van der Waals surface area contributed by atoms with E-state index in [1.807, 2.05) is 6.07 Å². The van der Waals surface area contributed by atoms with Gasteiger partial charge in [-0.15, -0.1) is 0 Å². The minimum atomic E-state index is -0.263. The zero-order valence-corrected chi connectivity index (χ0v) is 17.8. The number of carbonyl (C=O) groups is 1. The molecular formula is C20H20BrN3O5. The summed E-state index contributed by atoms with van der Waals surface area (Å²) in [5, 5.41) is 3.27. The molecule has 0 aliphatic rings. The number of fused-ring (bicyclic) bond motifs is 1. The van der Waals surface area contributed by atoms with Crippen molar-refractivity contribution in [2.24, 2.45) is 0 Å². The number of aryl methyl sites for hydroxylation is 1. The highest BCUT2D eigenvalue weighted by molar-refractivity contribution is 9.10. The number of benzene rings is 2. The fourth-order valence-electron chi connectivity index (χ4n) is 2.89. The molecule has 0 bridgehead atoms. The van der Waals surface area contributed by atoms with E-state index in [1.165, 1.54) is 32.2 Å². The highest BCUT2D eigenvalue weighted by Crippen LogP contribution is 2.39. The molecule has 2 aromatic carbocycles. The van der Waals surface area contributed by atoms with Crippen LogP contribution in [0.15, 0.2) is 45.9 Å². The quantitative estimate of drug-likeness (QED) is 0.580. The number of amides is 1. The van der Waals surface area contributed by atoms with Crippen LogP contribution in [0.3, 0.4) is 0 Å². The van der Waals surface area contributed by atoms with Crippen LogP contribution in [0.1, 0.15) is 6.42 Å². The smallest absolute Gasteiger partial charge is 0.261 e. The Morgan fingerprint density at radius 2 is 1.79 bits per heavy atom. The number of ether oxygens (including phenoxy) is 3. The van der Waals surface area contributed by atoms with E-state index in [-0.39, 0.29) is 24.4 Å². The van der Waals surface area contributed by atoms with Gasteiger partial charge in [-0.1, -0.05) is 15.9 Å². The van der Waals surface area contributed by atoms with Crippen molar-refractivity contribution in [2.45, 2.75) is 13.0 Å². The first-order chi connectivity index (χ1) is 14.0. The Bertz CT molecular complexity index is 1090. The van der Waals surface area contributed by atoms with Crippen molar-refractivity contribution in [1.82, 2.24) is 9.55 Å². The van der Waals surface area contributed by atoms with E-state index in [0.29, 0.717) is 33.8 Å². The van der Waals surface area contributed by atoms with Gasteiger partial charge in [0.25, 0.3) is 5.56 Å². The van der Waals surface area contributed by atoms with Gasteiger partial charge in [-0.2, -0.15) is 0 Å². The number of methoxy groups -OCH3 is 3. The molecular weight excluding hydrogens is 442 g/mol. The molecule has 0 atom stereocenters. The van der Waals surface area contributed by atoms with Crippen LogP contribution in [0.2, 0.25) is 0 Å². The fourth-order valence-corrected chi connectivity index (χ4v) is 3.25. The predicted molar refractivity (Wildman–Crippen MR) is 113 cm³/mol. The Labute approximate surface area is 175 Å². The van der Waals surface area contributed by atoms with Crippen molar-refractivity contribution >= 4 is 38.4 Å². The van der Waals surface area contributed by atoms with Crippen LogP contribution < -0.4 is 25.1 Å².